The molecule has 1 amide bonds. The van der Waals surface area contributed by atoms with Crippen LogP contribution in [0.5, 0.6) is 0 Å². The lowest BCUT2D eigenvalue weighted by molar-refractivity contribution is 0.0304. The molecular weight excluding hydrogens is 292 g/mol. The molecule has 116 valence electrons. The standard InChI is InChI=1S/C17H16N4O2/c22-17(20-8-10-23-11-9-20)14-12-18-21-7-6-15(19-16(14)21)13-4-2-1-3-5-13/h1-7,12H,8-11H2. The Morgan fingerprint density at radius 1 is 1.09 bits per heavy atom. The second-order valence-electron chi connectivity index (χ2n) is 5.41. The van der Waals surface area contributed by atoms with Crippen LogP contribution in [0, 0.1) is 0 Å². The van der Waals surface area contributed by atoms with Gasteiger partial charge in [0.15, 0.2) is 5.65 Å². The molecule has 0 radical (unpaired) electrons. The molecule has 1 aliphatic heterocycles. The van der Waals surface area contributed by atoms with Crippen LogP contribution < -0.4 is 0 Å². The molecule has 23 heavy (non-hydrogen) atoms. The Bertz CT molecular complexity index is 838. The van der Waals surface area contributed by atoms with E-state index in [1.165, 1.54) is 0 Å². The molecule has 1 aromatic carbocycles. The average Bonchev–Trinajstić information content (AvgIpc) is 3.05. The van der Waals surface area contributed by atoms with Crippen LogP contribution in [0.15, 0.2) is 48.8 Å². The summed E-state index contributed by atoms with van der Waals surface area (Å²) in [5, 5.41) is 4.24. The van der Waals surface area contributed by atoms with Crippen molar-refractivity contribution in [2.75, 3.05) is 26.3 Å². The maximum atomic E-state index is 12.7. The van der Waals surface area contributed by atoms with Gasteiger partial charge < -0.3 is 9.64 Å². The van der Waals surface area contributed by atoms with E-state index in [4.69, 9.17) is 4.74 Å². The van der Waals surface area contributed by atoms with Gasteiger partial charge in [0, 0.05) is 24.8 Å². The summed E-state index contributed by atoms with van der Waals surface area (Å²) in [7, 11) is 0. The summed E-state index contributed by atoms with van der Waals surface area (Å²) in [5.41, 5.74) is 2.96. The number of fused-ring (bicyclic) bond motifs is 1. The van der Waals surface area contributed by atoms with E-state index in [1.54, 1.807) is 15.6 Å². The number of hydrogen-bond donors (Lipinski definition) is 0. The van der Waals surface area contributed by atoms with Crippen LogP contribution in [-0.2, 0) is 4.74 Å². The van der Waals surface area contributed by atoms with Crippen molar-refractivity contribution in [3.05, 3.63) is 54.4 Å². The first-order valence-corrected chi connectivity index (χ1v) is 7.60. The maximum Gasteiger partial charge on any atom is 0.259 e. The summed E-state index contributed by atoms with van der Waals surface area (Å²) in [6.07, 6.45) is 3.43. The molecule has 6 nitrogen and oxygen atoms in total. The number of carbonyl (C=O) groups is 1. The predicted molar refractivity (Wildman–Crippen MR) is 85.1 cm³/mol. The minimum absolute atomic E-state index is 0.0407. The molecule has 0 bridgehead atoms. The van der Waals surface area contributed by atoms with Crippen LogP contribution in [0.4, 0.5) is 0 Å². The zero-order valence-corrected chi connectivity index (χ0v) is 12.6. The number of ether oxygens (including phenoxy) is 1. The minimum Gasteiger partial charge on any atom is -0.378 e. The van der Waals surface area contributed by atoms with Gasteiger partial charge >= 0.3 is 0 Å². The van der Waals surface area contributed by atoms with Gasteiger partial charge in [-0.3, -0.25) is 4.79 Å². The Morgan fingerprint density at radius 2 is 1.87 bits per heavy atom. The maximum absolute atomic E-state index is 12.7. The first-order chi connectivity index (χ1) is 11.3. The third kappa shape index (κ3) is 2.57. The van der Waals surface area contributed by atoms with Gasteiger partial charge in [-0.1, -0.05) is 30.3 Å². The fourth-order valence-corrected chi connectivity index (χ4v) is 2.73. The van der Waals surface area contributed by atoms with Crippen molar-refractivity contribution >= 4 is 11.6 Å². The molecule has 0 saturated carbocycles. The van der Waals surface area contributed by atoms with Crippen LogP contribution >= 0.6 is 0 Å². The van der Waals surface area contributed by atoms with Gasteiger partial charge in [-0.25, -0.2) is 9.50 Å². The molecule has 0 aliphatic carbocycles. The molecular formula is C17H16N4O2. The van der Waals surface area contributed by atoms with E-state index >= 15 is 0 Å². The Kier molecular flexibility index (Phi) is 3.51. The second kappa shape index (κ2) is 5.81. The molecule has 6 heteroatoms. The summed E-state index contributed by atoms with van der Waals surface area (Å²) >= 11 is 0. The number of hydrogen-bond acceptors (Lipinski definition) is 4. The van der Waals surface area contributed by atoms with Gasteiger partial charge in [0.1, 0.15) is 5.56 Å². The summed E-state index contributed by atoms with van der Waals surface area (Å²) in [5.74, 6) is -0.0407. The molecule has 0 unspecified atom stereocenters. The highest BCUT2D eigenvalue weighted by molar-refractivity contribution is 5.99. The fraction of sp³-hybridized carbons (Fsp3) is 0.235. The highest BCUT2D eigenvalue weighted by Gasteiger charge is 2.22. The Balaban J connectivity index is 1.74. The van der Waals surface area contributed by atoms with E-state index in [0.29, 0.717) is 37.5 Å². The van der Waals surface area contributed by atoms with E-state index in [2.05, 4.69) is 10.1 Å². The van der Waals surface area contributed by atoms with Gasteiger partial charge in [0.05, 0.1) is 25.1 Å². The molecule has 1 fully saturated rings. The fourth-order valence-electron chi connectivity index (χ4n) is 2.73. The van der Waals surface area contributed by atoms with E-state index in [9.17, 15) is 4.79 Å². The summed E-state index contributed by atoms with van der Waals surface area (Å²) in [6, 6.07) is 11.8. The third-order valence-electron chi connectivity index (χ3n) is 3.97. The largest absolute Gasteiger partial charge is 0.378 e. The van der Waals surface area contributed by atoms with Crippen LogP contribution in [0.1, 0.15) is 10.4 Å². The van der Waals surface area contributed by atoms with Gasteiger partial charge in [-0.2, -0.15) is 5.10 Å². The van der Waals surface area contributed by atoms with E-state index < -0.39 is 0 Å². The van der Waals surface area contributed by atoms with Crippen molar-refractivity contribution in [1.29, 1.82) is 0 Å². The molecule has 3 aromatic rings. The number of amides is 1. The van der Waals surface area contributed by atoms with Gasteiger partial charge in [0.25, 0.3) is 5.91 Å². The monoisotopic (exact) mass is 308 g/mol. The normalized spacial score (nSPS) is 15.0. The van der Waals surface area contributed by atoms with Crippen molar-refractivity contribution in [1.82, 2.24) is 19.5 Å². The summed E-state index contributed by atoms with van der Waals surface area (Å²) in [4.78, 5) is 19.1. The molecule has 1 aliphatic rings. The van der Waals surface area contributed by atoms with Crippen molar-refractivity contribution in [3.63, 3.8) is 0 Å². The number of aromatic nitrogens is 3. The summed E-state index contributed by atoms with van der Waals surface area (Å²) < 4.78 is 6.94. The lowest BCUT2D eigenvalue weighted by Crippen LogP contribution is -2.40. The predicted octanol–water partition coefficient (Wildman–Crippen LogP) is 1.87. The van der Waals surface area contributed by atoms with E-state index in [0.717, 1.165) is 11.3 Å². The van der Waals surface area contributed by atoms with E-state index in [-0.39, 0.29) is 5.91 Å². The summed E-state index contributed by atoms with van der Waals surface area (Å²) in [6.45, 7) is 2.37. The number of nitrogens with zero attached hydrogens (tertiary/aromatic N) is 4. The Hall–Kier alpha value is -2.73. The molecule has 3 heterocycles. The molecule has 1 saturated heterocycles. The number of benzene rings is 1. The van der Waals surface area contributed by atoms with Crippen molar-refractivity contribution in [3.8, 4) is 11.3 Å². The number of carbonyl (C=O) groups excluding carboxylic acids is 1. The van der Waals surface area contributed by atoms with Crippen LogP contribution in [-0.4, -0.2) is 51.7 Å². The molecule has 0 atom stereocenters. The van der Waals surface area contributed by atoms with Gasteiger partial charge in [0.2, 0.25) is 0 Å². The molecule has 4 rings (SSSR count). The highest BCUT2D eigenvalue weighted by Crippen LogP contribution is 2.19. The van der Waals surface area contributed by atoms with E-state index in [1.807, 2.05) is 42.6 Å². The molecule has 2 aromatic heterocycles. The van der Waals surface area contributed by atoms with Gasteiger partial charge in [-0.05, 0) is 6.07 Å². The topological polar surface area (TPSA) is 59.7 Å². The van der Waals surface area contributed by atoms with Gasteiger partial charge in [-0.15, -0.1) is 0 Å². The average molecular weight is 308 g/mol. The zero-order chi connectivity index (χ0) is 15.6. The van der Waals surface area contributed by atoms with Crippen LogP contribution in [0.2, 0.25) is 0 Å². The minimum atomic E-state index is -0.0407. The Labute approximate surface area is 133 Å². The SMILES string of the molecule is O=C(c1cnn2ccc(-c3ccccc3)nc12)N1CCOCC1. The lowest BCUT2D eigenvalue weighted by atomic mass is 10.1. The Morgan fingerprint density at radius 3 is 2.65 bits per heavy atom. The zero-order valence-electron chi connectivity index (χ0n) is 12.6. The van der Waals surface area contributed by atoms with Crippen molar-refractivity contribution in [2.24, 2.45) is 0 Å². The van der Waals surface area contributed by atoms with Crippen molar-refractivity contribution in [2.45, 2.75) is 0 Å². The number of morpholine rings is 1. The second-order valence-corrected chi connectivity index (χ2v) is 5.41. The smallest absolute Gasteiger partial charge is 0.259 e. The quantitative estimate of drug-likeness (QED) is 0.725. The lowest BCUT2D eigenvalue weighted by Gasteiger charge is -2.26. The van der Waals surface area contributed by atoms with Crippen LogP contribution in [0.3, 0.4) is 0 Å². The van der Waals surface area contributed by atoms with Crippen molar-refractivity contribution < 1.29 is 9.53 Å². The molecule has 0 N–H and O–H groups in total. The first kappa shape index (κ1) is 13.9. The number of rotatable bonds is 2. The van der Waals surface area contributed by atoms with Crippen LogP contribution in [0.25, 0.3) is 16.9 Å². The molecule has 0 spiro atoms. The third-order valence-corrected chi connectivity index (χ3v) is 3.97. The highest BCUT2D eigenvalue weighted by atomic mass is 16.5. The first-order valence-electron chi connectivity index (χ1n) is 7.60.